The molecule has 0 bridgehead atoms. The second-order valence-electron chi connectivity index (χ2n) is 4.99. The number of nitrogens with one attached hydrogen (secondary N) is 2. The molecule has 0 saturated carbocycles. The second-order valence-corrected chi connectivity index (χ2v) is 9.82. The Bertz CT molecular complexity index is 764. The Kier molecular flexibility index (Phi) is 6.93. The van der Waals surface area contributed by atoms with Crippen molar-refractivity contribution in [2.75, 3.05) is 5.32 Å². The molecule has 1 aromatic carbocycles. The SMILES string of the molecule is CC(=O)Nc1cc(C(=O)NCc2ccc(OC(F)(I)I)cc2)ccn1. The number of nitrogens with zero attached hydrogens (tertiary/aromatic N) is 1. The van der Waals surface area contributed by atoms with E-state index >= 15 is 0 Å². The molecule has 0 aliphatic heterocycles. The quantitative estimate of drug-likeness (QED) is 0.410. The van der Waals surface area contributed by atoms with Gasteiger partial charge in [-0.2, -0.15) is 4.39 Å². The first-order valence-corrected chi connectivity index (χ1v) is 9.25. The van der Waals surface area contributed by atoms with Gasteiger partial charge in [0.1, 0.15) is 11.6 Å². The fourth-order valence-electron chi connectivity index (χ4n) is 1.91. The summed E-state index contributed by atoms with van der Waals surface area (Å²) in [5.74, 6) is 0.156. The van der Waals surface area contributed by atoms with Gasteiger partial charge >= 0.3 is 1.87 Å². The van der Waals surface area contributed by atoms with Crippen molar-refractivity contribution in [1.82, 2.24) is 10.3 Å². The van der Waals surface area contributed by atoms with Crippen LogP contribution in [0.4, 0.5) is 10.2 Å². The number of halogens is 3. The lowest BCUT2D eigenvalue weighted by Gasteiger charge is -2.13. The number of anilines is 1. The average molecular weight is 569 g/mol. The molecule has 2 aromatic rings. The Morgan fingerprint density at radius 1 is 1.24 bits per heavy atom. The van der Waals surface area contributed by atoms with Crippen molar-refractivity contribution in [2.45, 2.75) is 15.3 Å². The van der Waals surface area contributed by atoms with Gasteiger partial charge in [-0.25, -0.2) is 4.98 Å². The number of benzene rings is 1. The van der Waals surface area contributed by atoms with Crippen molar-refractivity contribution in [3.8, 4) is 5.75 Å². The second kappa shape index (κ2) is 8.74. The number of ether oxygens (including phenoxy) is 1. The Labute approximate surface area is 171 Å². The van der Waals surface area contributed by atoms with Gasteiger partial charge in [0.2, 0.25) is 5.91 Å². The smallest absolute Gasteiger partial charge is 0.350 e. The molecule has 1 heterocycles. The van der Waals surface area contributed by atoms with Crippen molar-refractivity contribution in [3.63, 3.8) is 0 Å². The van der Waals surface area contributed by atoms with Gasteiger partial charge in [0.15, 0.2) is 0 Å². The molecule has 0 aliphatic carbocycles. The van der Waals surface area contributed by atoms with E-state index in [1.807, 2.05) is 0 Å². The lowest BCUT2D eigenvalue weighted by atomic mass is 10.2. The van der Waals surface area contributed by atoms with Crippen LogP contribution in [-0.2, 0) is 11.3 Å². The standard InChI is InChI=1S/C16H14FI2N3O3/c1-10(23)22-14-8-12(6-7-20-14)15(24)21-9-11-2-4-13(5-3-11)25-16(17,18)19/h2-8H,9H2,1H3,(H,21,24)(H,20,22,23). The van der Waals surface area contributed by atoms with E-state index in [1.165, 1.54) is 64.4 Å². The van der Waals surface area contributed by atoms with E-state index in [0.29, 0.717) is 23.7 Å². The molecular formula is C16H14FI2N3O3. The van der Waals surface area contributed by atoms with Crippen LogP contribution in [0.3, 0.4) is 0 Å². The predicted molar refractivity (Wildman–Crippen MR) is 109 cm³/mol. The van der Waals surface area contributed by atoms with E-state index in [1.54, 1.807) is 30.3 Å². The molecular weight excluding hydrogens is 555 g/mol. The van der Waals surface area contributed by atoms with Crippen LogP contribution in [-0.4, -0.2) is 18.7 Å². The molecule has 6 nitrogen and oxygen atoms in total. The van der Waals surface area contributed by atoms with Crippen molar-refractivity contribution >= 4 is 62.8 Å². The highest BCUT2D eigenvalue weighted by Crippen LogP contribution is 2.32. The molecule has 132 valence electrons. The molecule has 25 heavy (non-hydrogen) atoms. The third-order valence-corrected chi connectivity index (χ3v) is 3.38. The predicted octanol–water partition coefficient (Wildman–Crippen LogP) is 3.80. The fourth-order valence-corrected chi connectivity index (χ4v) is 2.42. The highest BCUT2D eigenvalue weighted by Gasteiger charge is 2.22. The number of hydrogen-bond donors (Lipinski definition) is 2. The molecule has 2 rings (SSSR count). The molecule has 0 aliphatic rings. The first-order valence-electron chi connectivity index (χ1n) is 7.09. The van der Waals surface area contributed by atoms with Gasteiger partial charge in [0.25, 0.3) is 5.91 Å². The van der Waals surface area contributed by atoms with Gasteiger partial charge in [-0.15, -0.1) is 0 Å². The summed E-state index contributed by atoms with van der Waals surface area (Å²) in [5, 5.41) is 5.29. The number of amides is 2. The summed E-state index contributed by atoms with van der Waals surface area (Å²) in [5.41, 5.74) is 1.22. The van der Waals surface area contributed by atoms with E-state index < -0.39 is 1.87 Å². The zero-order valence-corrected chi connectivity index (χ0v) is 17.4. The highest BCUT2D eigenvalue weighted by molar-refractivity contribution is 14.2. The molecule has 0 unspecified atom stereocenters. The maximum Gasteiger partial charge on any atom is 0.350 e. The van der Waals surface area contributed by atoms with Crippen LogP contribution in [0.2, 0.25) is 0 Å². The summed E-state index contributed by atoms with van der Waals surface area (Å²) in [7, 11) is 0. The van der Waals surface area contributed by atoms with Crippen LogP contribution >= 0.6 is 45.2 Å². The minimum absolute atomic E-state index is 0.261. The van der Waals surface area contributed by atoms with E-state index in [2.05, 4.69) is 15.6 Å². The molecule has 2 N–H and O–H groups in total. The Morgan fingerprint density at radius 2 is 1.92 bits per heavy atom. The van der Waals surface area contributed by atoms with Crippen LogP contribution in [0.25, 0.3) is 0 Å². The lowest BCUT2D eigenvalue weighted by Crippen LogP contribution is -2.23. The van der Waals surface area contributed by atoms with E-state index in [-0.39, 0.29) is 11.8 Å². The monoisotopic (exact) mass is 569 g/mol. The number of hydrogen-bond acceptors (Lipinski definition) is 4. The van der Waals surface area contributed by atoms with E-state index in [0.717, 1.165) is 5.56 Å². The number of alkyl halides is 3. The molecule has 0 saturated heterocycles. The number of carbonyl (C=O) groups is 2. The van der Waals surface area contributed by atoms with Crippen molar-refractivity contribution in [1.29, 1.82) is 0 Å². The summed E-state index contributed by atoms with van der Waals surface area (Å²) in [6.45, 7) is 1.66. The summed E-state index contributed by atoms with van der Waals surface area (Å²) in [6, 6.07) is 9.80. The van der Waals surface area contributed by atoms with Gasteiger partial charge in [-0.1, -0.05) is 12.1 Å². The molecule has 2 amide bonds. The molecule has 0 fully saturated rings. The summed E-state index contributed by atoms with van der Waals surface area (Å²) < 4.78 is 16.7. The third-order valence-electron chi connectivity index (χ3n) is 2.94. The van der Waals surface area contributed by atoms with Gasteiger partial charge in [-0.05, 0) is 29.8 Å². The molecule has 0 atom stereocenters. The van der Waals surface area contributed by atoms with Crippen molar-refractivity contribution in [3.05, 3.63) is 53.7 Å². The van der Waals surface area contributed by atoms with E-state index in [9.17, 15) is 14.0 Å². The highest BCUT2D eigenvalue weighted by atomic mass is 127. The normalized spacial score (nSPS) is 10.9. The number of pyridine rings is 1. The van der Waals surface area contributed by atoms with Crippen LogP contribution < -0.4 is 15.4 Å². The first kappa shape index (κ1) is 19.8. The zero-order chi connectivity index (χ0) is 18.4. The molecule has 0 spiro atoms. The summed E-state index contributed by atoms with van der Waals surface area (Å²) >= 11 is 3.08. The van der Waals surface area contributed by atoms with Crippen molar-refractivity contribution < 1.29 is 18.7 Å². The topological polar surface area (TPSA) is 80.3 Å². The maximum absolute atomic E-state index is 13.4. The van der Waals surface area contributed by atoms with Crippen LogP contribution in [0.15, 0.2) is 42.6 Å². The first-order chi connectivity index (χ1) is 11.7. The summed E-state index contributed by atoms with van der Waals surface area (Å²) in [6.07, 6.45) is 1.45. The Morgan fingerprint density at radius 3 is 2.52 bits per heavy atom. The fraction of sp³-hybridized carbons (Fsp3) is 0.188. The van der Waals surface area contributed by atoms with Gasteiger partial charge in [0.05, 0.1) is 0 Å². The van der Waals surface area contributed by atoms with Crippen molar-refractivity contribution in [2.24, 2.45) is 0 Å². The zero-order valence-electron chi connectivity index (χ0n) is 13.1. The van der Waals surface area contributed by atoms with E-state index in [4.69, 9.17) is 4.74 Å². The molecule has 9 heteroatoms. The van der Waals surface area contributed by atoms with Gasteiger partial charge in [0, 0.05) is 70.4 Å². The molecule has 1 aromatic heterocycles. The van der Waals surface area contributed by atoms with Gasteiger partial charge < -0.3 is 15.4 Å². The third kappa shape index (κ3) is 7.10. The maximum atomic E-state index is 13.4. The van der Waals surface area contributed by atoms with Crippen LogP contribution in [0.5, 0.6) is 5.75 Å². The Balaban J connectivity index is 1.94. The lowest BCUT2D eigenvalue weighted by molar-refractivity contribution is -0.114. The number of carbonyl (C=O) groups excluding carboxylic acids is 2. The Hall–Kier alpha value is -1.50. The number of aromatic nitrogens is 1. The molecule has 0 radical (unpaired) electrons. The van der Waals surface area contributed by atoms with Crippen LogP contribution in [0, 0.1) is 0 Å². The number of rotatable bonds is 6. The minimum Gasteiger partial charge on any atom is -0.442 e. The van der Waals surface area contributed by atoms with Gasteiger partial charge in [-0.3, -0.25) is 9.59 Å². The van der Waals surface area contributed by atoms with Crippen LogP contribution in [0.1, 0.15) is 22.8 Å². The minimum atomic E-state index is -1.81. The average Bonchev–Trinajstić information content (AvgIpc) is 2.52. The summed E-state index contributed by atoms with van der Waals surface area (Å²) in [4.78, 5) is 27.2. The largest absolute Gasteiger partial charge is 0.442 e.